The molecule has 5 atom stereocenters. The second kappa shape index (κ2) is 6.08. The topological polar surface area (TPSA) is 94.4 Å². The Hall–Kier alpha value is -1.89. The van der Waals surface area contributed by atoms with Crippen LogP contribution >= 0.6 is 0 Å². The summed E-state index contributed by atoms with van der Waals surface area (Å²) in [6.07, 6.45) is 3.05. The molecule has 5 rings (SSSR count). The molecule has 0 spiro atoms. The minimum atomic E-state index is -0.571. The lowest BCUT2D eigenvalue weighted by Crippen LogP contribution is -2.57. The number of hydrazine groups is 1. The van der Waals surface area contributed by atoms with Crippen LogP contribution in [0.15, 0.2) is 24.3 Å². The highest BCUT2D eigenvalue weighted by atomic mass is 16.3. The number of amides is 1. The highest BCUT2D eigenvalue weighted by Crippen LogP contribution is 2.45. The largest absolute Gasteiger partial charge is 0.392 e. The maximum atomic E-state index is 12.3. The number of H-pyrrole nitrogens is 1. The van der Waals surface area contributed by atoms with Crippen molar-refractivity contribution in [3.05, 3.63) is 35.5 Å². The lowest BCUT2D eigenvalue weighted by molar-refractivity contribution is -0.139. The molecule has 26 heavy (non-hydrogen) atoms. The Labute approximate surface area is 152 Å². The molecule has 2 fully saturated rings. The Morgan fingerprint density at radius 1 is 1.31 bits per heavy atom. The number of aromatic amines is 1. The molecule has 6 heteroatoms. The monoisotopic (exact) mass is 354 g/mol. The number of nitrogens with zero attached hydrogens (tertiary/aromatic N) is 1. The van der Waals surface area contributed by atoms with Crippen LogP contribution in [0.1, 0.15) is 30.5 Å². The first-order valence-corrected chi connectivity index (χ1v) is 9.66. The van der Waals surface area contributed by atoms with Crippen molar-refractivity contribution < 1.29 is 9.90 Å². The number of hydrogen-bond acceptors (Lipinski definition) is 4. The van der Waals surface area contributed by atoms with Crippen LogP contribution < -0.4 is 11.3 Å². The Morgan fingerprint density at radius 2 is 2.15 bits per heavy atom. The molecule has 1 aromatic carbocycles. The zero-order valence-corrected chi connectivity index (χ0v) is 14.8. The SMILES string of the molecule is NNC(=O)[C@H]1[C@H]2C[C@@H]3Cc4[nH]c5ccccc5c4CN3C[C@H]2CC[C@H]1O. The van der Waals surface area contributed by atoms with Gasteiger partial charge >= 0.3 is 0 Å². The summed E-state index contributed by atoms with van der Waals surface area (Å²) in [6, 6.07) is 8.95. The normalized spacial score (nSPS) is 34.0. The minimum absolute atomic E-state index is 0.206. The molecule has 1 aliphatic carbocycles. The van der Waals surface area contributed by atoms with Crippen LogP contribution in [0.25, 0.3) is 10.9 Å². The highest BCUT2D eigenvalue weighted by Gasteiger charge is 2.48. The van der Waals surface area contributed by atoms with E-state index in [0.29, 0.717) is 18.4 Å². The smallest absolute Gasteiger partial charge is 0.239 e. The summed E-state index contributed by atoms with van der Waals surface area (Å²) < 4.78 is 0. The zero-order valence-electron chi connectivity index (χ0n) is 14.8. The standard InChI is InChI=1S/C20H26N4O2/c21-23-20(26)19-14-7-12-8-17-15(13-3-1-2-4-16(13)22-17)10-24(12)9-11(14)5-6-18(19)25/h1-4,11-12,14,18-19,22,25H,5-10,21H2,(H,23,26)/t11-,12-,14+,18-,19+/m1/s1. The molecule has 1 saturated carbocycles. The van der Waals surface area contributed by atoms with Gasteiger partial charge in [0.05, 0.1) is 12.0 Å². The number of benzene rings is 1. The predicted molar refractivity (Wildman–Crippen MR) is 98.9 cm³/mol. The number of para-hydroxylation sites is 1. The van der Waals surface area contributed by atoms with Gasteiger partial charge in [0.15, 0.2) is 0 Å². The molecule has 2 aliphatic heterocycles. The van der Waals surface area contributed by atoms with Gasteiger partial charge in [0.25, 0.3) is 0 Å². The van der Waals surface area contributed by atoms with Gasteiger partial charge in [0.1, 0.15) is 0 Å². The van der Waals surface area contributed by atoms with E-state index >= 15 is 0 Å². The van der Waals surface area contributed by atoms with Crippen molar-refractivity contribution >= 4 is 16.8 Å². The van der Waals surface area contributed by atoms with E-state index in [1.165, 1.54) is 22.2 Å². The second-order valence-corrected chi connectivity index (χ2v) is 8.25. The van der Waals surface area contributed by atoms with Gasteiger partial charge in [0.2, 0.25) is 5.91 Å². The van der Waals surface area contributed by atoms with Gasteiger partial charge in [-0.2, -0.15) is 0 Å². The summed E-state index contributed by atoms with van der Waals surface area (Å²) in [5.74, 6) is 5.50. The molecule has 3 heterocycles. The molecule has 2 aromatic rings. The third-order valence-electron chi connectivity index (χ3n) is 6.99. The van der Waals surface area contributed by atoms with E-state index in [0.717, 1.165) is 32.4 Å². The molecule has 1 amide bonds. The average Bonchev–Trinajstić information content (AvgIpc) is 3.01. The number of nitrogens with one attached hydrogen (secondary N) is 2. The minimum Gasteiger partial charge on any atom is -0.392 e. The molecule has 0 unspecified atom stereocenters. The van der Waals surface area contributed by atoms with E-state index in [-0.39, 0.29) is 17.7 Å². The van der Waals surface area contributed by atoms with Crippen LogP contribution in [0.5, 0.6) is 0 Å². The number of hydrogen-bond donors (Lipinski definition) is 4. The molecule has 6 nitrogen and oxygen atoms in total. The van der Waals surface area contributed by atoms with Crippen LogP contribution in [0, 0.1) is 17.8 Å². The molecule has 3 aliphatic rings. The van der Waals surface area contributed by atoms with Crippen molar-refractivity contribution in [2.45, 2.75) is 44.4 Å². The quantitative estimate of drug-likeness (QED) is 0.353. The molecule has 1 saturated heterocycles. The average molecular weight is 354 g/mol. The molecule has 0 bridgehead atoms. The predicted octanol–water partition coefficient (Wildman–Crippen LogP) is 1.29. The number of aliphatic hydroxyl groups is 1. The third-order valence-corrected chi connectivity index (χ3v) is 6.99. The number of aliphatic hydroxyl groups excluding tert-OH is 1. The van der Waals surface area contributed by atoms with Gasteiger partial charge < -0.3 is 10.1 Å². The van der Waals surface area contributed by atoms with Crippen molar-refractivity contribution in [1.29, 1.82) is 0 Å². The summed E-state index contributed by atoms with van der Waals surface area (Å²) in [5.41, 5.74) is 6.27. The van der Waals surface area contributed by atoms with Crippen molar-refractivity contribution in [2.75, 3.05) is 6.54 Å². The van der Waals surface area contributed by atoms with Crippen molar-refractivity contribution in [3.63, 3.8) is 0 Å². The van der Waals surface area contributed by atoms with E-state index in [4.69, 9.17) is 5.84 Å². The number of rotatable bonds is 1. The fourth-order valence-corrected chi connectivity index (χ4v) is 5.76. The van der Waals surface area contributed by atoms with Crippen molar-refractivity contribution in [2.24, 2.45) is 23.6 Å². The van der Waals surface area contributed by atoms with E-state index in [9.17, 15) is 9.90 Å². The number of carbonyl (C=O) groups is 1. The lowest BCUT2D eigenvalue weighted by atomic mass is 9.64. The first-order chi connectivity index (χ1) is 12.7. The van der Waals surface area contributed by atoms with Crippen LogP contribution in [-0.2, 0) is 17.8 Å². The van der Waals surface area contributed by atoms with Gasteiger partial charge in [0, 0.05) is 42.1 Å². The van der Waals surface area contributed by atoms with E-state index in [1.807, 2.05) is 0 Å². The molecule has 1 aromatic heterocycles. The van der Waals surface area contributed by atoms with E-state index < -0.39 is 6.10 Å². The van der Waals surface area contributed by atoms with Gasteiger partial charge in [-0.15, -0.1) is 0 Å². The second-order valence-electron chi connectivity index (χ2n) is 8.25. The maximum Gasteiger partial charge on any atom is 0.239 e. The molecule has 5 N–H and O–H groups in total. The van der Waals surface area contributed by atoms with E-state index in [1.54, 1.807) is 0 Å². The molecule has 0 radical (unpaired) electrons. The summed E-state index contributed by atoms with van der Waals surface area (Å²) >= 11 is 0. The summed E-state index contributed by atoms with van der Waals surface area (Å²) in [7, 11) is 0. The van der Waals surface area contributed by atoms with Crippen molar-refractivity contribution in [1.82, 2.24) is 15.3 Å². The summed E-state index contributed by atoms with van der Waals surface area (Å²) in [5, 5.41) is 11.8. The third kappa shape index (κ3) is 2.40. The van der Waals surface area contributed by atoms with Gasteiger partial charge in [-0.1, -0.05) is 18.2 Å². The fraction of sp³-hybridized carbons (Fsp3) is 0.550. The van der Waals surface area contributed by atoms with Crippen LogP contribution in [-0.4, -0.2) is 39.6 Å². The Morgan fingerprint density at radius 3 is 3.00 bits per heavy atom. The fourth-order valence-electron chi connectivity index (χ4n) is 5.76. The maximum absolute atomic E-state index is 12.3. The Kier molecular flexibility index (Phi) is 3.81. The van der Waals surface area contributed by atoms with Crippen LogP contribution in [0.4, 0.5) is 0 Å². The first kappa shape index (κ1) is 16.3. The first-order valence-electron chi connectivity index (χ1n) is 9.66. The zero-order chi connectivity index (χ0) is 17.8. The number of fused-ring (bicyclic) bond motifs is 5. The lowest BCUT2D eigenvalue weighted by Gasteiger charge is -2.51. The molecule has 138 valence electrons. The number of piperidine rings is 1. The van der Waals surface area contributed by atoms with Gasteiger partial charge in [-0.3, -0.25) is 15.1 Å². The Balaban J connectivity index is 1.45. The van der Waals surface area contributed by atoms with E-state index in [2.05, 4.69) is 39.6 Å². The summed E-state index contributed by atoms with van der Waals surface area (Å²) in [4.78, 5) is 18.5. The number of carbonyl (C=O) groups excluding carboxylic acids is 1. The summed E-state index contributed by atoms with van der Waals surface area (Å²) in [6.45, 7) is 1.99. The van der Waals surface area contributed by atoms with Gasteiger partial charge in [-0.25, -0.2) is 5.84 Å². The Bertz CT molecular complexity index is 847. The molecular formula is C20H26N4O2. The molecular weight excluding hydrogens is 328 g/mol. The van der Waals surface area contributed by atoms with Gasteiger partial charge in [-0.05, 0) is 42.7 Å². The van der Waals surface area contributed by atoms with Crippen LogP contribution in [0.2, 0.25) is 0 Å². The van der Waals surface area contributed by atoms with Crippen molar-refractivity contribution in [3.8, 4) is 0 Å². The highest BCUT2D eigenvalue weighted by molar-refractivity contribution is 5.85. The van der Waals surface area contributed by atoms with Crippen LogP contribution in [0.3, 0.4) is 0 Å². The number of nitrogens with two attached hydrogens (primary N) is 1. The number of aromatic nitrogens is 1.